The Balaban J connectivity index is 2.87. The molecule has 0 aliphatic rings. The van der Waals surface area contributed by atoms with E-state index in [0.717, 1.165) is 15.5 Å². The van der Waals surface area contributed by atoms with E-state index in [1.165, 1.54) is 12.4 Å². The summed E-state index contributed by atoms with van der Waals surface area (Å²) in [5.74, 6) is 0.533. The molecule has 3 N–H and O–H groups in total. The zero-order valence-corrected chi connectivity index (χ0v) is 5.74. The summed E-state index contributed by atoms with van der Waals surface area (Å²) in [5, 5.41) is 12.5. The number of H-pyrrole nitrogens is 1. The predicted molar refractivity (Wildman–Crippen MR) is 41.7 cm³/mol. The zero-order chi connectivity index (χ0) is 7.84. The second-order valence-corrected chi connectivity index (χ2v) is 2.38. The highest BCUT2D eigenvalue weighted by Gasteiger charge is 2.01. The Kier molecular flexibility index (Phi) is 1.03. The van der Waals surface area contributed by atoms with Gasteiger partial charge in [-0.3, -0.25) is 0 Å². The van der Waals surface area contributed by atoms with Crippen molar-refractivity contribution in [3.05, 3.63) is 29.9 Å². The Hall–Kier alpha value is -1.71. The summed E-state index contributed by atoms with van der Waals surface area (Å²) in [6, 6.07) is 1.72. The average molecular weight is 149 g/mol. The van der Waals surface area contributed by atoms with Crippen molar-refractivity contribution in [3.8, 4) is 0 Å². The maximum atomic E-state index is 10.8. The number of nitrogens with two attached hydrogens (primary N) is 1. The number of nitrogens with one attached hydrogen (secondary N) is 1. The second kappa shape index (κ2) is 1.88. The third-order valence-electron chi connectivity index (χ3n) is 1.64. The first-order valence-electron chi connectivity index (χ1n) is 3.23. The molecule has 11 heavy (non-hydrogen) atoms. The van der Waals surface area contributed by atoms with E-state index >= 15 is 0 Å². The van der Waals surface area contributed by atoms with Crippen LogP contribution in [0, 0.1) is 5.21 Å². The van der Waals surface area contributed by atoms with Gasteiger partial charge in [0.25, 0.3) is 0 Å². The van der Waals surface area contributed by atoms with Crippen LogP contribution in [0.5, 0.6) is 0 Å². The van der Waals surface area contributed by atoms with Gasteiger partial charge in [-0.2, -0.15) is 4.73 Å². The van der Waals surface area contributed by atoms with Crippen molar-refractivity contribution in [2.45, 2.75) is 0 Å². The van der Waals surface area contributed by atoms with Crippen molar-refractivity contribution in [2.75, 3.05) is 5.73 Å². The smallest absolute Gasteiger partial charge is 0.191 e. The van der Waals surface area contributed by atoms with Crippen LogP contribution in [-0.4, -0.2) is 4.98 Å². The molecule has 0 aliphatic carbocycles. The number of pyridine rings is 1. The minimum atomic E-state index is 0.533. The van der Waals surface area contributed by atoms with Crippen LogP contribution in [-0.2, 0) is 0 Å². The fraction of sp³-hybridized carbons (Fsp3) is 0. The molecule has 2 aromatic heterocycles. The van der Waals surface area contributed by atoms with Crippen LogP contribution < -0.4 is 10.5 Å². The lowest BCUT2D eigenvalue weighted by molar-refractivity contribution is -0.603. The molecule has 4 nitrogen and oxygen atoms in total. The van der Waals surface area contributed by atoms with E-state index in [1.54, 1.807) is 12.3 Å². The van der Waals surface area contributed by atoms with E-state index in [0.29, 0.717) is 5.82 Å². The van der Waals surface area contributed by atoms with Gasteiger partial charge in [0.2, 0.25) is 0 Å². The second-order valence-electron chi connectivity index (χ2n) is 2.38. The molecule has 0 unspecified atom stereocenters. The Morgan fingerprint density at radius 2 is 2.36 bits per heavy atom. The zero-order valence-electron chi connectivity index (χ0n) is 5.74. The van der Waals surface area contributed by atoms with Gasteiger partial charge in [-0.25, -0.2) is 0 Å². The molecule has 2 heterocycles. The van der Waals surface area contributed by atoms with E-state index in [9.17, 15) is 5.21 Å². The summed E-state index contributed by atoms with van der Waals surface area (Å²) < 4.78 is 0.729. The topological polar surface area (TPSA) is 68.8 Å². The summed E-state index contributed by atoms with van der Waals surface area (Å²) in [6.07, 6.45) is 4.65. The Morgan fingerprint density at radius 3 is 3.18 bits per heavy atom. The first kappa shape index (κ1) is 6.03. The van der Waals surface area contributed by atoms with Gasteiger partial charge >= 0.3 is 0 Å². The van der Waals surface area contributed by atoms with Crippen LogP contribution in [0.2, 0.25) is 0 Å². The monoisotopic (exact) mass is 149 g/mol. The Labute approximate surface area is 62.8 Å². The van der Waals surface area contributed by atoms with Gasteiger partial charge in [0.05, 0.1) is 5.39 Å². The molecule has 0 fully saturated rings. The van der Waals surface area contributed by atoms with Gasteiger partial charge in [-0.1, -0.05) is 0 Å². The van der Waals surface area contributed by atoms with Crippen LogP contribution in [0.4, 0.5) is 5.82 Å². The summed E-state index contributed by atoms with van der Waals surface area (Å²) >= 11 is 0. The highest BCUT2D eigenvalue weighted by molar-refractivity contribution is 5.90. The van der Waals surface area contributed by atoms with Crippen LogP contribution in [0.1, 0.15) is 0 Å². The van der Waals surface area contributed by atoms with E-state index in [2.05, 4.69) is 4.98 Å². The lowest BCUT2D eigenvalue weighted by atomic mass is 10.3. The molecule has 0 atom stereocenters. The normalized spacial score (nSPS) is 10.5. The van der Waals surface area contributed by atoms with Crippen LogP contribution in [0.3, 0.4) is 0 Å². The number of rotatable bonds is 0. The largest absolute Gasteiger partial charge is 0.619 e. The third kappa shape index (κ3) is 0.797. The number of hydrogen-bond donors (Lipinski definition) is 2. The molecular weight excluding hydrogens is 142 g/mol. The minimum absolute atomic E-state index is 0.533. The molecule has 2 aromatic rings. The van der Waals surface area contributed by atoms with Crippen LogP contribution >= 0.6 is 0 Å². The molecule has 0 spiro atoms. The fourth-order valence-corrected chi connectivity index (χ4v) is 1.07. The molecule has 56 valence electrons. The molecule has 2 rings (SSSR count). The lowest BCUT2D eigenvalue weighted by Crippen LogP contribution is -2.23. The van der Waals surface area contributed by atoms with Crippen molar-refractivity contribution in [2.24, 2.45) is 0 Å². The van der Waals surface area contributed by atoms with Crippen molar-refractivity contribution in [3.63, 3.8) is 0 Å². The highest BCUT2D eigenvalue weighted by Crippen LogP contribution is 2.16. The van der Waals surface area contributed by atoms with Gasteiger partial charge in [-0.15, -0.1) is 0 Å². The number of fused-ring (bicyclic) bond motifs is 1. The Bertz CT molecular complexity index is 393. The minimum Gasteiger partial charge on any atom is -0.619 e. The maximum absolute atomic E-state index is 10.8. The van der Waals surface area contributed by atoms with Crippen molar-refractivity contribution in [1.29, 1.82) is 0 Å². The molecule has 0 bridgehead atoms. The molecule has 0 saturated carbocycles. The summed E-state index contributed by atoms with van der Waals surface area (Å²) in [4.78, 5) is 2.83. The van der Waals surface area contributed by atoms with Crippen LogP contribution in [0.25, 0.3) is 10.8 Å². The average Bonchev–Trinajstić information content (AvgIpc) is 2.33. The molecular formula is C7H7N3O. The number of aromatic nitrogens is 2. The first-order chi connectivity index (χ1) is 5.27. The number of anilines is 1. The number of nitrogens with zero attached hydrogens (tertiary/aromatic N) is 1. The number of aromatic amines is 1. The molecule has 4 heteroatoms. The van der Waals surface area contributed by atoms with Crippen molar-refractivity contribution < 1.29 is 4.73 Å². The third-order valence-corrected chi connectivity index (χ3v) is 1.64. The van der Waals surface area contributed by atoms with Gasteiger partial charge in [-0.05, 0) is 0 Å². The number of hydrogen-bond acceptors (Lipinski definition) is 2. The number of nitrogen functional groups attached to an aromatic ring is 1. The molecule has 0 amide bonds. The predicted octanol–water partition coefficient (Wildman–Crippen LogP) is 0.384. The SMILES string of the molecule is Nc1[nH]cc2cc[n+]([O-])cc12. The Morgan fingerprint density at radius 1 is 1.55 bits per heavy atom. The van der Waals surface area contributed by atoms with E-state index in [4.69, 9.17) is 5.73 Å². The fourth-order valence-electron chi connectivity index (χ4n) is 1.07. The van der Waals surface area contributed by atoms with Gasteiger partial charge in [0, 0.05) is 17.6 Å². The van der Waals surface area contributed by atoms with Gasteiger partial charge in [0.1, 0.15) is 5.82 Å². The summed E-state index contributed by atoms with van der Waals surface area (Å²) in [7, 11) is 0. The van der Waals surface area contributed by atoms with Crippen molar-refractivity contribution in [1.82, 2.24) is 4.98 Å². The van der Waals surface area contributed by atoms with Crippen LogP contribution in [0.15, 0.2) is 24.7 Å². The molecule has 0 aliphatic heterocycles. The molecule has 0 saturated heterocycles. The van der Waals surface area contributed by atoms with Gasteiger partial charge in [0.15, 0.2) is 12.4 Å². The van der Waals surface area contributed by atoms with Crippen molar-refractivity contribution >= 4 is 16.6 Å². The standard InChI is InChI=1S/C7H7N3O/c8-7-6-4-10(11)2-1-5(6)3-9-7/h1-4,9H,8H2. The quantitative estimate of drug-likeness (QED) is 0.420. The van der Waals surface area contributed by atoms with E-state index < -0.39 is 0 Å². The molecule has 0 aromatic carbocycles. The lowest BCUT2D eigenvalue weighted by Gasteiger charge is -1.93. The van der Waals surface area contributed by atoms with E-state index in [1.807, 2.05) is 0 Å². The highest BCUT2D eigenvalue weighted by atomic mass is 16.5. The summed E-state index contributed by atoms with van der Waals surface area (Å²) in [6.45, 7) is 0. The molecule has 0 radical (unpaired) electrons. The maximum Gasteiger partial charge on any atom is 0.191 e. The van der Waals surface area contributed by atoms with Gasteiger partial charge < -0.3 is 15.9 Å². The van der Waals surface area contributed by atoms with E-state index in [-0.39, 0.29) is 0 Å². The first-order valence-corrected chi connectivity index (χ1v) is 3.23. The summed E-state index contributed by atoms with van der Waals surface area (Å²) in [5.41, 5.74) is 5.54.